The van der Waals surface area contributed by atoms with Gasteiger partial charge in [-0.3, -0.25) is 9.59 Å². The molecule has 6 aliphatic rings. The van der Waals surface area contributed by atoms with E-state index in [2.05, 4.69) is 31.4 Å². The molecule has 3 aliphatic heterocycles. The van der Waals surface area contributed by atoms with E-state index in [4.69, 9.17) is 14.0 Å². The van der Waals surface area contributed by atoms with Crippen molar-refractivity contribution in [1.29, 1.82) is 0 Å². The van der Waals surface area contributed by atoms with E-state index < -0.39 is 30.9 Å². The van der Waals surface area contributed by atoms with Crippen molar-refractivity contribution in [2.24, 2.45) is 23.2 Å². The lowest BCUT2D eigenvalue weighted by atomic mass is 9.43. The summed E-state index contributed by atoms with van der Waals surface area (Å²) >= 11 is 0. The molecule has 0 radical (unpaired) electrons. The summed E-state index contributed by atoms with van der Waals surface area (Å²) in [4.78, 5) is 41.4. The zero-order valence-corrected chi connectivity index (χ0v) is 23.9. The highest BCUT2D eigenvalue weighted by Gasteiger charge is 2.68. The van der Waals surface area contributed by atoms with Gasteiger partial charge in [0.2, 0.25) is 11.8 Å². The number of ether oxygens (including phenoxy) is 1. The van der Waals surface area contributed by atoms with Crippen LogP contribution in [0.25, 0.3) is 0 Å². The van der Waals surface area contributed by atoms with Crippen molar-refractivity contribution in [3.63, 3.8) is 0 Å². The number of amides is 3. The minimum absolute atomic E-state index is 0.0235. The highest BCUT2D eigenvalue weighted by Crippen LogP contribution is 2.65. The Balaban J connectivity index is 1.35. The number of alkyl carbamates (subject to hydrolysis) is 1. The van der Waals surface area contributed by atoms with E-state index in [9.17, 15) is 14.4 Å². The summed E-state index contributed by atoms with van der Waals surface area (Å²) in [6, 6.07) is -1.42. The molecule has 8 atom stereocenters. The van der Waals surface area contributed by atoms with E-state index in [-0.39, 0.29) is 40.8 Å². The summed E-state index contributed by atoms with van der Waals surface area (Å²) < 4.78 is 18.6. The van der Waals surface area contributed by atoms with Crippen LogP contribution >= 0.6 is 0 Å². The van der Waals surface area contributed by atoms with Crippen molar-refractivity contribution < 1.29 is 28.4 Å². The predicted molar refractivity (Wildman–Crippen MR) is 143 cm³/mol. The van der Waals surface area contributed by atoms with E-state index in [1.165, 1.54) is 0 Å². The maximum Gasteiger partial charge on any atom is 0.482 e. The number of nitrogens with one attached hydrogen (secondary N) is 2. The second-order valence-electron chi connectivity index (χ2n) is 13.9. The number of rotatable bonds is 2. The fraction of sp³-hybridized carbons (Fsp3) is 0.821. The summed E-state index contributed by atoms with van der Waals surface area (Å²) in [5, 5.41) is 5.93. The van der Waals surface area contributed by atoms with E-state index >= 15 is 0 Å². The Labute approximate surface area is 226 Å². The predicted octanol–water partition coefficient (Wildman–Crippen LogP) is 3.22. The highest BCUT2D eigenvalue weighted by atomic mass is 16.7. The third kappa shape index (κ3) is 4.87. The van der Waals surface area contributed by atoms with Gasteiger partial charge in [0.15, 0.2) is 0 Å². The van der Waals surface area contributed by atoms with Crippen molar-refractivity contribution in [2.75, 3.05) is 6.54 Å². The third-order valence-electron chi connectivity index (χ3n) is 9.64. The number of fused-ring (bicyclic) bond motifs is 1. The molecule has 0 spiro atoms. The number of carbonyl (C=O) groups is 3. The van der Waals surface area contributed by atoms with Crippen LogP contribution in [0, 0.1) is 23.2 Å². The molecule has 2 saturated heterocycles. The monoisotopic (exact) mass is 529 g/mol. The van der Waals surface area contributed by atoms with Gasteiger partial charge in [-0.2, -0.15) is 0 Å². The van der Waals surface area contributed by atoms with Crippen LogP contribution in [0.4, 0.5) is 4.79 Å². The van der Waals surface area contributed by atoms with Gasteiger partial charge < -0.3 is 29.6 Å². The standard InChI is InChI=1S/C28H44BN3O6/c1-16-12-19-23(33)31-22(29-37-21-14-17-13-20(27(17,5)6)28(21,7)38-29)11-9-8-10-18(24(34)32(19)15-16)30-25(35)36-26(2,3)4/h8-9,16-22H,10-15H2,1-7H3,(H,30,35)(H,31,33)/b9-8+. The molecule has 9 nitrogen and oxygen atoms in total. The van der Waals surface area contributed by atoms with E-state index in [0.717, 1.165) is 12.8 Å². The van der Waals surface area contributed by atoms with Gasteiger partial charge in [0.05, 0.1) is 17.6 Å². The molecule has 2 N–H and O–H groups in total. The van der Waals surface area contributed by atoms with Crippen molar-refractivity contribution in [3.8, 4) is 0 Å². The Morgan fingerprint density at radius 2 is 1.87 bits per heavy atom. The summed E-state index contributed by atoms with van der Waals surface area (Å²) in [6.07, 6.45) is 6.74. The molecular weight excluding hydrogens is 485 g/mol. The molecule has 0 aromatic heterocycles. The lowest BCUT2D eigenvalue weighted by Gasteiger charge is -2.64. The van der Waals surface area contributed by atoms with Crippen molar-refractivity contribution >= 4 is 25.0 Å². The molecule has 5 fully saturated rings. The van der Waals surface area contributed by atoms with Gasteiger partial charge in [0, 0.05) is 6.54 Å². The van der Waals surface area contributed by atoms with E-state index in [1.807, 2.05) is 19.1 Å². The fourth-order valence-corrected chi connectivity index (χ4v) is 7.47. The first-order valence-corrected chi connectivity index (χ1v) is 14.3. The van der Waals surface area contributed by atoms with Crippen molar-refractivity contribution in [2.45, 2.75) is 116 Å². The topological polar surface area (TPSA) is 106 Å². The maximum absolute atomic E-state index is 13.6. The second-order valence-corrected chi connectivity index (χ2v) is 13.9. The molecule has 3 heterocycles. The molecular formula is C28H44BN3O6. The SMILES string of the molecule is CC1CC2C(=O)NC(B3OC4CC5CC(C5(C)C)C4(C)O3)C/C=C/CC(NC(=O)OC(C)(C)C)C(=O)N2C1. The molecule has 3 aliphatic carbocycles. The number of hydrogen-bond donors (Lipinski definition) is 2. The minimum atomic E-state index is -0.812. The zero-order valence-electron chi connectivity index (χ0n) is 23.9. The number of carbonyl (C=O) groups excluding carboxylic acids is 3. The minimum Gasteiger partial charge on any atom is -0.444 e. The average Bonchev–Trinajstić information content (AvgIpc) is 3.36. The fourth-order valence-electron chi connectivity index (χ4n) is 7.47. The molecule has 3 amide bonds. The molecule has 8 unspecified atom stereocenters. The first-order valence-electron chi connectivity index (χ1n) is 14.3. The van der Waals surface area contributed by atoms with Crippen molar-refractivity contribution in [3.05, 3.63) is 12.2 Å². The van der Waals surface area contributed by atoms with Gasteiger partial charge in [-0.1, -0.05) is 32.9 Å². The van der Waals surface area contributed by atoms with Gasteiger partial charge in [-0.05, 0) is 83.0 Å². The molecule has 3 saturated carbocycles. The Bertz CT molecular complexity index is 1010. The zero-order chi connectivity index (χ0) is 27.6. The highest BCUT2D eigenvalue weighted by molar-refractivity contribution is 6.48. The normalized spacial score (nSPS) is 41.3. The lowest BCUT2D eigenvalue weighted by molar-refractivity contribution is -0.199. The molecule has 2 bridgehead atoms. The molecule has 6 rings (SSSR count). The molecule has 210 valence electrons. The van der Waals surface area contributed by atoms with Gasteiger partial charge in [0.25, 0.3) is 0 Å². The largest absolute Gasteiger partial charge is 0.482 e. The molecule has 10 heteroatoms. The quantitative estimate of drug-likeness (QED) is 0.421. The Morgan fingerprint density at radius 1 is 1.16 bits per heavy atom. The number of nitrogens with zero attached hydrogens (tertiary/aromatic N) is 1. The van der Waals surface area contributed by atoms with E-state index in [1.54, 1.807) is 25.7 Å². The second kappa shape index (κ2) is 9.54. The molecule has 38 heavy (non-hydrogen) atoms. The van der Waals surface area contributed by atoms with Gasteiger partial charge in [-0.25, -0.2) is 4.79 Å². The van der Waals surface area contributed by atoms with Crippen LogP contribution in [-0.4, -0.2) is 71.8 Å². The van der Waals surface area contributed by atoms with E-state index in [0.29, 0.717) is 37.6 Å². The van der Waals surface area contributed by atoms with Crippen LogP contribution < -0.4 is 10.6 Å². The van der Waals surface area contributed by atoms with Crippen LogP contribution in [0.15, 0.2) is 12.2 Å². The average molecular weight is 529 g/mol. The van der Waals surface area contributed by atoms with Crippen LogP contribution in [-0.2, 0) is 23.6 Å². The van der Waals surface area contributed by atoms with Gasteiger partial charge in [0.1, 0.15) is 17.7 Å². The Hall–Kier alpha value is -2.07. The smallest absolute Gasteiger partial charge is 0.444 e. The first-order chi connectivity index (χ1) is 17.7. The summed E-state index contributed by atoms with van der Waals surface area (Å²) in [5.41, 5.74) is -0.813. The Morgan fingerprint density at radius 3 is 2.55 bits per heavy atom. The van der Waals surface area contributed by atoms with Crippen LogP contribution in [0.1, 0.15) is 80.6 Å². The number of hydrogen-bond acceptors (Lipinski definition) is 6. The van der Waals surface area contributed by atoms with Crippen LogP contribution in [0.3, 0.4) is 0 Å². The summed E-state index contributed by atoms with van der Waals surface area (Å²) in [6.45, 7) is 14.7. The summed E-state index contributed by atoms with van der Waals surface area (Å²) in [5.74, 6) is 0.409. The first kappa shape index (κ1) is 27.5. The van der Waals surface area contributed by atoms with Crippen LogP contribution in [0.5, 0.6) is 0 Å². The lowest BCUT2D eigenvalue weighted by Crippen LogP contribution is -2.65. The maximum atomic E-state index is 13.6. The van der Waals surface area contributed by atoms with Crippen LogP contribution in [0.2, 0.25) is 0 Å². The molecule has 0 aromatic rings. The van der Waals surface area contributed by atoms with Gasteiger partial charge >= 0.3 is 13.2 Å². The third-order valence-corrected chi connectivity index (χ3v) is 9.64. The summed E-state index contributed by atoms with van der Waals surface area (Å²) in [7, 11) is -0.548. The van der Waals surface area contributed by atoms with Gasteiger partial charge in [-0.15, -0.1) is 0 Å². The van der Waals surface area contributed by atoms with Crippen molar-refractivity contribution in [1.82, 2.24) is 15.5 Å². The molecule has 0 aromatic carbocycles. The Kier molecular flexibility index (Phi) is 6.90.